The van der Waals surface area contributed by atoms with Crippen molar-refractivity contribution in [3.8, 4) is 11.6 Å². The summed E-state index contributed by atoms with van der Waals surface area (Å²) < 4.78 is 6.87. The van der Waals surface area contributed by atoms with Crippen molar-refractivity contribution in [3.05, 3.63) is 81.0 Å². The molecule has 2 N–H and O–H groups in total. The average molecular weight is 646 g/mol. The highest BCUT2D eigenvalue weighted by atomic mass is 35.5. The van der Waals surface area contributed by atoms with Crippen LogP contribution in [0.1, 0.15) is 26.6 Å². The van der Waals surface area contributed by atoms with E-state index >= 15 is 0 Å². The van der Waals surface area contributed by atoms with Crippen molar-refractivity contribution in [1.82, 2.24) is 24.5 Å². The summed E-state index contributed by atoms with van der Waals surface area (Å²) in [6.45, 7) is 7.00. The van der Waals surface area contributed by atoms with Crippen molar-refractivity contribution in [2.45, 2.75) is 20.8 Å². The van der Waals surface area contributed by atoms with Gasteiger partial charge < -0.3 is 20.3 Å². The zero-order valence-corrected chi connectivity index (χ0v) is 26.3. The largest absolute Gasteiger partial charge is 0.494 e. The van der Waals surface area contributed by atoms with Crippen LogP contribution in [0.3, 0.4) is 0 Å². The minimum atomic E-state index is -0.754. The van der Waals surface area contributed by atoms with Crippen LogP contribution < -0.4 is 25.8 Å². The molecule has 45 heavy (non-hydrogen) atoms. The number of fused-ring (bicyclic) bond motifs is 1. The minimum Gasteiger partial charge on any atom is -0.494 e. The minimum absolute atomic E-state index is 0.0616. The van der Waals surface area contributed by atoms with E-state index in [4.69, 9.17) is 21.3 Å². The highest BCUT2D eigenvalue weighted by molar-refractivity contribution is 7.07. The lowest BCUT2D eigenvalue weighted by Gasteiger charge is -2.22. The zero-order chi connectivity index (χ0) is 32.1. The van der Waals surface area contributed by atoms with E-state index < -0.39 is 11.5 Å². The number of carbonyl (C=O) groups is 2. The van der Waals surface area contributed by atoms with Gasteiger partial charge in [0.2, 0.25) is 5.91 Å². The number of thiazole rings is 1. The first-order valence-corrected chi connectivity index (χ1v) is 15.1. The predicted molar refractivity (Wildman–Crippen MR) is 176 cm³/mol. The van der Waals surface area contributed by atoms with E-state index in [1.54, 1.807) is 23.0 Å². The lowest BCUT2D eigenvalue weighted by Crippen LogP contribution is -2.33. The van der Waals surface area contributed by atoms with Gasteiger partial charge in [0.25, 0.3) is 11.5 Å². The molecule has 0 unspecified atom stereocenters. The fourth-order valence-corrected chi connectivity index (χ4v) is 5.25. The molecule has 5 aromatic rings. The van der Waals surface area contributed by atoms with Gasteiger partial charge in [-0.3, -0.25) is 14.4 Å². The smallest absolute Gasteiger partial charge is 0.278 e. The Bertz CT molecular complexity index is 1970. The number of benzene rings is 2. The van der Waals surface area contributed by atoms with Gasteiger partial charge in [0.15, 0.2) is 23.0 Å². The topological polar surface area (TPSA) is 157 Å². The molecule has 2 amide bonds. The summed E-state index contributed by atoms with van der Waals surface area (Å²) in [5, 5.41) is 7.39. The molecule has 0 bridgehead atoms. The van der Waals surface area contributed by atoms with E-state index in [-0.39, 0.29) is 45.0 Å². The van der Waals surface area contributed by atoms with E-state index in [1.807, 2.05) is 26.0 Å². The number of hydrogen-bond donors (Lipinski definition) is 2. The molecule has 0 radical (unpaired) electrons. The van der Waals surface area contributed by atoms with Gasteiger partial charge in [0.1, 0.15) is 23.2 Å². The summed E-state index contributed by atoms with van der Waals surface area (Å²) >= 11 is 7.70. The van der Waals surface area contributed by atoms with Crippen molar-refractivity contribution in [1.29, 1.82) is 0 Å². The summed E-state index contributed by atoms with van der Waals surface area (Å²) in [7, 11) is 1.50. The number of halogens is 1. The quantitative estimate of drug-likeness (QED) is 0.202. The molecule has 15 heteroatoms. The molecular formula is C30H28ClN9O4S. The van der Waals surface area contributed by atoms with Gasteiger partial charge in [0.05, 0.1) is 23.3 Å². The SMILES string of the molecule is CCN(CC)c1ccc(N=C(C(=O)Nc2cc(NC(C)=O)ccc2Cl)c2nc3ncncc3c(=O)n2-c2cscn2)c(OC)c1. The van der Waals surface area contributed by atoms with Crippen molar-refractivity contribution in [3.63, 3.8) is 0 Å². The van der Waals surface area contributed by atoms with Crippen LogP contribution in [0.15, 0.2) is 69.6 Å². The van der Waals surface area contributed by atoms with E-state index in [1.165, 1.54) is 54.6 Å². The van der Waals surface area contributed by atoms with Crippen molar-refractivity contribution < 1.29 is 14.3 Å². The summed E-state index contributed by atoms with van der Waals surface area (Å²) in [4.78, 5) is 63.6. The summed E-state index contributed by atoms with van der Waals surface area (Å²) in [5.41, 5.74) is 2.63. The number of aliphatic imine (C=N–C) groups is 1. The lowest BCUT2D eigenvalue weighted by atomic mass is 10.2. The first kappa shape index (κ1) is 31.2. The second-order valence-corrected chi connectivity index (χ2v) is 10.6. The molecule has 0 fully saturated rings. The van der Waals surface area contributed by atoms with Gasteiger partial charge in [-0.2, -0.15) is 0 Å². The number of hydrogen-bond acceptors (Lipinski definition) is 11. The maximum Gasteiger partial charge on any atom is 0.278 e. The van der Waals surface area contributed by atoms with Gasteiger partial charge in [-0.1, -0.05) is 11.6 Å². The molecule has 0 saturated carbocycles. The molecule has 0 aliphatic rings. The van der Waals surface area contributed by atoms with Crippen LogP contribution in [0.5, 0.6) is 5.75 Å². The van der Waals surface area contributed by atoms with Crippen LogP contribution in [-0.2, 0) is 9.59 Å². The third-order valence-electron chi connectivity index (χ3n) is 6.68. The number of rotatable bonds is 10. The molecular weight excluding hydrogens is 618 g/mol. The molecule has 0 aliphatic heterocycles. The average Bonchev–Trinajstić information content (AvgIpc) is 3.56. The molecule has 5 rings (SSSR count). The molecule has 230 valence electrons. The Balaban J connectivity index is 1.75. The molecule has 2 aromatic carbocycles. The summed E-state index contributed by atoms with van der Waals surface area (Å²) in [6, 6.07) is 10.0. The van der Waals surface area contributed by atoms with Crippen LogP contribution >= 0.6 is 22.9 Å². The fourth-order valence-electron chi connectivity index (χ4n) is 4.57. The van der Waals surface area contributed by atoms with Gasteiger partial charge in [-0.15, -0.1) is 11.3 Å². The fraction of sp³-hybridized carbons (Fsp3) is 0.200. The molecule has 0 atom stereocenters. The predicted octanol–water partition coefficient (Wildman–Crippen LogP) is 4.86. The van der Waals surface area contributed by atoms with Crippen molar-refractivity contribution in [2.24, 2.45) is 4.99 Å². The monoisotopic (exact) mass is 645 g/mol. The third kappa shape index (κ3) is 6.66. The molecule has 0 spiro atoms. The first-order chi connectivity index (χ1) is 21.7. The molecule has 13 nitrogen and oxygen atoms in total. The number of aromatic nitrogens is 5. The van der Waals surface area contributed by atoms with Crippen molar-refractivity contribution >= 4 is 74.2 Å². The highest BCUT2D eigenvalue weighted by Crippen LogP contribution is 2.33. The van der Waals surface area contributed by atoms with E-state index in [9.17, 15) is 14.4 Å². The summed E-state index contributed by atoms with van der Waals surface area (Å²) in [5.74, 6) is -0.560. The first-order valence-electron chi connectivity index (χ1n) is 13.8. The number of methoxy groups -OCH3 is 1. The van der Waals surface area contributed by atoms with Crippen molar-refractivity contribution in [2.75, 3.05) is 35.7 Å². The molecule has 3 aromatic heterocycles. The number of amides is 2. The second kappa shape index (κ2) is 13.6. The van der Waals surface area contributed by atoms with Gasteiger partial charge in [0, 0.05) is 49.0 Å². The highest BCUT2D eigenvalue weighted by Gasteiger charge is 2.26. The number of carbonyl (C=O) groups excluding carboxylic acids is 2. The Morgan fingerprint density at radius 2 is 1.91 bits per heavy atom. The van der Waals surface area contributed by atoms with Crippen LogP contribution in [0.2, 0.25) is 5.02 Å². The van der Waals surface area contributed by atoms with E-state index in [0.717, 1.165) is 18.8 Å². The van der Waals surface area contributed by atoms with Gasteiger partial charge in [-0.25, -0.2) is 29.5 Å². The third-order valence-corrected chi connectivity index (χ3v) is 7.59. The Hall–Kier alpha value is -5.21. The number of nitrogens with one attached hydrogen (secondary N) is 2. The van der Waals surface area contributed by atoms with Crippen LogP contribution in [0.4, 0.5) is 22.7 Å². The Morgan fingerprint density at radius 1 is 1.11 bits per heavy atom. The number of ether oxygens (including phenoxy) is 1. The molecule has 0 saturated heterocycles. The van der Waals surface area contributed by atoms with E-state index in [2.05, 4.69) is 35.5 Å². The Morgan fingerprint density at radius 3 is 2.60 bits per heavy atom. The number of nitrogens with zero attached hydrogens (tertiary/aromatic N) is 7. The molecule has 0 aliphatic carbocycles. The Labute approximate surface area is 266 Å². The maximum absolute atomic E-state index is 14.2. The summed E-state index contributed by atoms with van der Waals surface area (Å²) in [6.07, 6.45) is 2.61. The van der Waals surface area contributed by atoms with Crippen LogP contribution in [0, 0.1) is 0 Å². The maximum atomic E-state index is 14.2. The van der Waals surface area contributed by atoms with Crippen LogP contribution in [-0.4, -0.2) is 62.2 Å². The lowest BCUT2D eigenvalue weighted by molar-refractivity contribution is -0.114. The zero-order valence-electron chi connectivity index (χ0n) is 24.7. The van der Waals surface area contributed by atoms with Gasteiger partial charge >= 0.3 is 0 Å². The number of anilines is 3. The standard InChI is InChI=1S/C30H28ClN9O4S/c1-5-39(6-2)19-8-10-22(24(12-19)44-4)36-26(29(42)37-23-11-18(35-17(3)41)7-9-21(23)31)28-38-27-20(13-32-15-33-27)30(43)40(28)25-14-45-16-34-25/h7-16H,5-6H2,1-4H3,(H,35,41)(H,37,42). The second-order valence-electron chi connectivity index (χ2n) is 9.50. The van der Waals surface area contributed by atoms with E-state index in [0.29, 0.717) is 17.1 Å². The van der Waals surface area contributed by atoms with Crippen LogP contribution in [0.25, 0.3) is 16.9 Å². The normalized spacial score (nSPS) is 11.4. The molecule has 3 heterocycles. The Kier molecular flexibility index (Phi) is 9.45. The van der Waals surface area contributed by atoms with Gasteiger partial charge in [-0.05, 0) is 44.2 Å².